The third-order valence-corrected chi connectivity index (χ3v) is 6.02. The maximum Gasteiger partial charge on any atom is 0.270 e. The first-order chi connectivity index (χ1) is 15.6. The normalized spacial score (nSPS) is 10.7. The zero-order chi connectivity index (χ0) is 22.3. The van der Waals surface area contributed by atoms with Crippen LogP contribution < -0.4 is 10.1 Å². The topological polar surface area (TPSA) is 64.1 Å². The third kappa shape index (κ3) is 5.59. The number of hydrogen-bond acceptors (Lipinski definition) is 5. The van der Waals surface area contributed by atoms with Crippen LogP contribution in [-0.2, 0) is 13.0 Å². The Morgan fingerprint density at radius 2 is 1.91 bits per heavy atom. The molecule has 0 aliphatic carbocycles. The quantitative estimate of drug-likeness (QED) is 0.397. The Morgan fingerprint density at radius 1 is 1.06 bits per heavy atom. The molecule has 162 valence electrons. The average Bonchev–Trinajstić information content (AvgIpc) is 3.31. The zero-order valence-electron chi connectivity index (χ0n) is 18.2. The number of aromatic nitrogens is 2. The number of aryl methyl sites for hydroxylation is 2. The summed E-state index contributed by atoms with van der Waals surface area (Å²) in [6.45, 7) is 5.23. The van der Waals surface area contributed by atoms with E-state index in [1.807, 2.05) is 42.5 Å². The van der Waals surface area contributed by atoms with Crippen LogP contribution in [-0.4, -0.2) is 22.4 Å². The lowest BCUT2D eigenvalue weighted by Crippen LogP contribution is -2.26. The maximum atomic E-state index is 12.4. The van der Waals surface area contributed by atoms with E-state index in [0.717, 1.165) is 22.0 Å². The van der Waals surface area contributed by atoms with Crippen LogP contribution in [0.3, 0.4) is 0 Å². The molecule has 5 nitrogen and oxygen atoms in total. The Kier molecular flexibility index (Phi) is 6.92. The minimum absolute atomic E-state index is 0.170. The van der Waals surface area contributed by atoms with Gasteiger partial charge in [-0.3, -0.25) is 9.78 Å². The molecule has 4 aromatic rings. The van der Waals surface area contributed by atoms with Crippen LogP contribution in [0.5, 0.6) is 5.75 Å². The van der Waals surface area contributed by atoms with Crippen molar-refractivity contribution < 1.29 is 9.53 Å². The van der Waals surface area contributed by atoms with Gasteiger partial charge in [-0.25, -0.2) is 4.98 Å². The summed E-state index contributed by atoms with van der Waals surface area (Å²) in [5, 5.41) is 5.50. The van der Waals surface area contributed by atoms with E-state index in [1.54, 1.807) is 11.6 Å². The molecular weight excluding hydrogens is 418 g/mol. The summed E-state index contributed by atoms with van der Waals surface area (Å²) in [6.07, 6.45) is 2.44. The number of nitrogens with one attached hydrogen (secondary N) is 1. The van der Waals surface area contributed by atoms with Crippen molar-refractivity contribution in [2.24, 2.45) is 0 Å². The van der Waals surface area contributed by atoms with Gasteiger partial charge in [-0.2, -0.15) is 0 Å². The van der Waals surface area contributed by atoms with Crippen LogP contribution in [0.1, 0.15) is 32.9 Å². The summed E-state index contributed by atoms with van der Waals surface area (Å²) >= 11 is 1.46. The van der Waals surface area contributed by atoms with Gasteiger partial charge in [0.05, 0.1) is 0 Å². The standard InChI is InChI=1S/C26H25N3O2S/c1-18-6-7-19(2)21(15-18)16-31-23-10-8-20(9-11-23)26-29-24(17-32-26)25(30)28-14-12-22-5-3-4-13-27-22/h3-11,13,15,17H,12,14,16H2,1-2H3,(H,28,30). The Morgan fingerprint density at radius 3 is 2.69 bits per heavy atom. The molecule has 0 atom stereocenters. The van der Waals surface area contributed by atoms with Crippen molar-refractivity contribution in [2.45, 2.75) is 26.9 Å². The maximum absolute atomic E-state index is 12.4. The molecule has 1 N–H and O–H groups in total. The highest BCUT2D eigenvalue weighted by Gasteiger charge is 2.12. The van der Waals surface area contributed by atoms with Gasteiger partial charge in [0.1, 0.15) is 23.1 Å². The molecule has 0 aliphatic rings. The highest BCUT2D eigenvalue weighted by Crippen LogP contribution is 2.26. The zero-order valence-corrected chi connectivity index (χ0v) is 19.0. The lowest BCUT2D eigenvalue weighted by molar-refractivity contribution is 0.0950. The second kappa shape index (κ2) is 10.2. The van der Waals surface area contributed by atoms with Crippen LogP contribution in [0.25, 0.3) is 10.6 Å². The number of pyridine rings is 1. The minimum atomic E-state index is -0.170. The van der Waals surface area contributed by atoms with E-state index < -0.39 is 0 Å². The van der Waals surface area contributed by atoms with Crippen LogP contribution in [0.4, 0.5) is 0 Å². The summed E-state index contributed by atoms with van der Waals surface area (Å²) in [4.78, 5) is 21.2. The number of hydrogen-bond donors (Lipinski definition) is 1. The van der Waals surface area contributed by atoms with Gasteiger partial charge in [-0.15, -0.1) is 11.3 Å². The molecule has 32 heavy (non-hydrogen) atoms. The summed E-state index contributed by atoms with van der Waals surface area (Å²) in [6, 6.07) is 20.0. The first kappa shape index (κ1) is 21.7. The van der Waals surface area contributed by atoms with Gasteiger partial charge in [0, 0.05) is 35.8 Å². The second-order valence-corrected chi connectivity index (χ2v) is 8.47. The van der Waals surface area contributed by atoms with Crippen LogP contribution in [0, 0.1) is 13.8 Å². The second-order valence-electron chi connectivity index (χ2n) is 7.61. The number of thiazole rings is 1. The Balaban J connectivity index is 1.32. The van der Waals surface area contributed by atoms with Crippen LogP contribution in [0.2, 0.25) is 0 Å². The number of ether oxygens (including phenoxy) is 1. The molecular formula is C26H25N3O2S. The number of carbonyl (C=O) groups is 1. The highest BCUT2D eigenvalue weighted by molar-refractivity contribution is 7.13. The molecule has 2 heterocycles. The lowest BCUT2D eigenvalue weighted by atomic mass is 10.1. The van der Waals surface area contributed by atoms with Gasteiger partial charge < -0.3 is 10.1 Å². The molecule has 0 aliphatic heterocycles. The Hall–Kier alpha value is -3.51. The summed E-state index contributed by atoms with van der Waals surface area (Å²) in [5.74, 6) is 0.635. The monoisotopic (exact) mass is 443 g/mol. The van der Waals surface area contributed by atoms with Gasteiger partial charge in [0.2, 0.25) is 0 Å². The van der Waals surface area contributed by atoms with Crippen molar-refractivity contribution in [1.82, 2.24) is 15.3 Å². The molecule has 4 rings (SSSR count). The van der Waals surface area contributed by atoms with Gasteiger partial charge in [-0.05, 0) is 61.4 Å². The molecule has 0 radical (unpaired) electrons. The van der Waals surface area contributed by atoms with Crippen molar-refractivity contribution in [2.75, 3.05) is 6.54 Å². The van der Waals surface area contributed by atoms with E-state index in [-0.39, 0.29) is 5.91 Å². The molecule has 0 spiro atoms. The summed E-state index contributed by atoms with van der Waals surface area (Å²) in [5.41, 5.74) is 5.98. The first-order valence-corrected chi connectivity index (χ1v) is 11.4. The summed E-state index contributed by atoms with van der Waals surface area (Å²) < 4.78 is 5.96. The molecule has 0 saturated carbocycles. The Labute approximate surface area is 192 Å². The fourth-order valence-corrected chi connectivity index (χ4v) is 4.07. The van der Waals surface area contributed by atoms with Gasteiger partial charge in [0.15, 0.2) is 0 Å². The average molecular weight is 444 g/mol. The number of nitrogens with zero attached hydrogens (tertiary/aromatic N) is 2. The molecule has 2 aromatic carbocycles. The summed E-state index contributed by atoms with van der Waals surface area (Å²) in [7, 11) is 0. The molecule has 0 bridgehead atoms. The van der Waals surface area contributed by atoms with Crippen molar-refractivity contribution in [3.05, 3.63) is 100 Å². The SMILES string of the molecule is Cc1ccc(C)c(COc2ccc(-c3nc(C(=O)NCCc4ccccn4)cs3)cc2)c1. The number of benzene rings is 2. The fourth-order valence-electron chi connectivity index (χ4n) is 3.26. The van der Waals surface area contributed by atoms with Gasteiger partial charge >= 0.3 is 0 Å². The molecule has 6 heteroatoms. The minimum Gasteiger partial charge on any atom is -0.489 e. The van der Waals surface area contributed by atoms with Crippen LogP contribution >= 0.6 is 11.3 Å². The molecule has 0 saturated heterocycles. The van der Waals surface area contributed by atoms with E-state index in [4.69, 9.17) is 4.74 Å². The van der Waals surface area contributed by atoms with Crippen molar-refractivity contribution in [3.63, 3.8) is 0 Å². The number of carbonyl (C=O) groups excluding carboxylic acids is 1. The van der Waals surface area contributed by atoms with Gasteiger partial charge in [0.25, 0.3) is 5.91 Å². The molecule has 0 unspecified atom stereocenters. The van der Waals surface area contributed by atoms with E-state index in [2.05, 4.69) is 47.3 Å². The van der Waals surface area contributed by atoms with E-state index in [0.29, 0.717) is 25.3 Å². The number of amides is 1. The predicted molar refractivity (Wildman–Crippen MR) is 128 cm³/mol. The predicted octanol–water partition coefficient (Wildman–Crippen LogP) is 5.37. The molecule has 2 aromatic heterocycles. The molecule has 0 fully saturated rings. The van der Waals surface area contributed by atoms with E-state index in [9.17, 15) is 4.79 Å². The molecule has 1 amide bonds. The van der Waals surface area contributed by atoms with Crippen molar-refractivity contribution >= 4 is 17.2 Å². The van der Waals surface area contributed by atoms with Crippen molar-refractivity contribution in [3.8, 4) is 16.3 Å². The lowest BCUT2D eigenvalue weighted by Gasteiger charge is -2.10. The number of rotatable bonds is 8. The Bertz CT molecular complexity index is 1190. The van der Waals surface area contributed by atoms with E-state index in [1.165, 1.54) is 28.0 Å². The third-order valence-electron chi connectivity index (χ3n) is 5.13. The highest BCUT2D eigenvalue weighted by atomic mass is 32.1. The largest absolute Gasteiger partial charge is 0.489 e. The fraction of sp³-hybridized carbons (Fsp3) is 0.192. The first-order valence-electron chi connectivity index (χ1n) is 10.5. The van der Waals surface area contributed by atoms with Gasteiger partial charge in [-0.1, -0.05) is 29.8 Å². The van der Waals surface area contributed by atoms with E-state index >= 15 is 0 Å². The van der Waals surface area contributed by atoms with Crippen LogP contribution in [0.15, 0.2) is 72.2 Å². The smallest absolute Gasteiger partial charge is 0.270 e. The van der Waals surface area contributed by atoms with Crippen molar-refractivity contribution in [1.29, 1.82) is 0 Å².